The van der Waals surface area contributed by atoms with E-state index in [1.807, 2.05) is 24.3 Å². The molecule has 0 unspecified atom stereocenters. The second kappa shape index (κ2) is 9.63. The van der Waals surface area contributed by atoms with E-state index in [0.717, 1.165) is 22.1 Å². The van der Waals surface area contributed by atoms with Crippen LogP contribution in [0.2, 0.25) is 0 Å². The number of rotatable bonds is 3. The molecule has 0 amide bonds. The molecule has 0 saturated carbocycles. The Bertz CT molecular complexity index is 1390. The molecule has 34 heavy (non-hydrogen) atoms. The highest BCUT2D eigenvalue weighted by Crippen LogP contribution is 2.44. The van der Waals surface area contributed by atoms with Gasteiger partial charge in [0.2, 0.25) is 0 Å². The normalized spacial score (nSPS) is 10.5. The predicted molar refractivity (Wildman–Crippen MR) is 147 cm³/mol. The van der Waals surface area contributed by atoms with E-state index in [2.05, 4.69) is 79.4 Å². The highest BCUT2D eigenvalue weighted by Gasteiger charge is 2.17. The minimum Gasteiger partial charge on any atom is -0.399 e. The molecule has 0 saturated heterocycles. The standard InChI is InChI=1S/C26H20N2.C5H8O/c27-19-12-14-22-23(15-19)25(17-7-3-1-4-8-17)21-13-11-20(28)16-24(21)26(22)18-9-5-2-6-10-18;1-4(2)5(3)6/h1-16H,27-28H2;1H2,2-3H3. The van der Waals surface area contributed by atoms with Crippen LogP contribution in [0, 0.1) is 0 Å². The van der Waals surface area contributed by atoms with Gasteiger partial charge in [-0.2, -0.15) is 0 Å². The first-order valence-corrected chi connectivity index (χ1v) is 11.2. The third-order valence-electron chi connectivity index (χ3n) is 5.89. The topological polar surface area (TPSA) is 69.1 Å². The minimum absolute atomic E-state index is 0.0648. The summed E-state index contributed by atoms with van der Waals surface area (Å²) < 4.78 is 0. The molecule has 5 aromatic rings. The van der Waals surface area contributed by atoms with Gasteiger partial charge >= 0.3 is 0 Å². The van der Waals surface area contributed by atoms with Gasteiger partial charge in [0, 0.05) is 11.4 Å². The summed E-state index contributed by atoms with van der Waals surface area (Å²) in [5.74, 6) is 0.0648. The molecule has 3 heteroatoms. The van der Waals surface area contributed by atoms with Gasteiger partial charge in [-0.3, -0.25) is 4.79 Å². The third kappa shape index (κ3) is 4.55. The molecule has 0 radical (unpaired) electrons. The van der Waals surface area contributed by atoms with E-state index in [1.54, 1.807) is 6.92 Å². The molecule has 0 aliphatic rings. The van der Waals surface area contributed by atoms with Gasteiger partial charge in [-0.1, -0.05) is 79.4 Å². The first-order valence-electron chi connectivity index (χ1n) is 11.2. The number of hydrogen-bond donors (Lipinski definition) is 2. The summed E-state index contributed by atoms with van der Waals surface area (Å²) >= 11 is 0. The van der Waals surface area contributed by atoms with Crippen molar-refractivity contribution in [2.75, 3.05) is 11.5 Å². The number of anilines is 2. The van der Waals surface area contributed by atoms with Gasteiger partial charge in [0.15, 0.2) is 5.78 Å². The Balaban J connectivity index is 0.000000408. The van der Waals surface area contributed by atoms with Crippen molar-refractivity contribution in [3.8, 4) is 22.3 Å². The maximum absolute atomic E-state index is 10.0. The molecule has 0 spiro atoms. The SMILES string of the molecule is C=C(C)C(C)=O.Nc1ccc2c(-c3ccccc3)c3cc(N)ccc3c(-c3ccccc3)c2c1. The molecule has 0 atom stereocenters. The summed E-state index contributed by atoms with van der Waals surface area (Å²) in [6.07, 6.45) is 0. The lowest BCUT2D eigenvalue weighted by Crippen LogP contribution is -1.94. The van der Waals surface area contributed by atoms with Crippen LogP contribution in [0.3, 0.4) is 0 Å². The van der Waals surface area contributed by atoms with Crippen molar-refractivity contribution in [1.82, 2.24) is 0 Å². The summed E-state index contributed by atoms with van der Waals surface area (Å²) in [5.41, 5.74) is 19.3. The van der Waals surface area contributed by atoms with E-state index >= 15 is 0 Å². The van der Waals surface area contributed by atoms with E-state index < -0.39 is 0 Å². The first kappa shape index (κ1) is 22.8. The number of allylic oxidation sites excluding steroid dienone is 1. The summed E-state index contributed by atoms with van der Waals surface area (Å²) in [6, 6.07) is 33.3. The van der Waals surface area contributed by atoms with Crippen molar-refractivity contribution in [2.45, 2.75) is 13.8 Å². The Hall–Kier alpha value is -4.37. The smallest absolute Gasteiger partial charge is 0.154 e. The maximum Gasteiger partial charge on any atom is 0.154 e. The van der Waals surface area contributed by atoms with E-state index in [0.29, 0.717) is 5.57 Å². The number of benzene rings is 5. The molecule has 4 N–H and O–H groups in total. The van der Waals surface area contributed by atoms with Gasteiger partial charge in [-0.25, -0.2) is 0 Å². The number of hydrogen-bond acceptors (Lipinski definition) is 3. The molecule has 5 aromatic carbocycles. The molecule has 0 heterocycles. The zero-order valence-electron chi connectivity index (χ0n) is 19.5. The van der Waals surface area contributed by atoms with Crippen molar-refractivity contribution < 1.29 is 4.79 Å². The number of Topliss-reactive ketones (excluding diaryl/α,β-unsaturated/α-hetero) is 1. The molecule has 0 fully saturated rings. The fourth-order valence-electron chi connectivity index (χ4n) is 4.10. The molecular weight excluding hydrogens is 416 g/mol. The molecular formula is C31H28N2O. The first-order chi connectivity index (χ1) is 16.4. The third-order valence-corrected chi connectivity index (χ3v) is 5.89. The monoisotopic (exact) mass is 444 g/mol. The van der Waals surface area contributed by atoms with Crippen LogP contribution < -0.4 is 11.5 Å². The fraction of sp³-hybridized carbons (Fsp3) is 0.0645. The van der Waals surface area contributed by atoms with Crippen LogP contribution in [-0.2, 0) is 4.79 Å². The van der Waals surface area contributed by atoms with Crippen molar-refractivity contribution in [1.29, 1.82) is 0 Å². The Morgan fingerprint density at radius 3 is 1.26 bits per heavy atom. The van der Waals surface area contributed by atoms with Gasteiger partial charge in [0.25, 0.3) is 0 Å². The van der Waals surface area contributed by atoms with Crippen LogP contribution in [0.4, 0.5) is 11.4 Å². The second-order valence-corrected chi connectivity index (χ2v) is 8.43. The maximum atomic E-state index is 10.0. The van der Waals surface area contributed by atoms with Crippen LogP contribution in [0.1, 0.15) is 13.8 Å². The van der Waals surface area contributed by atoms with Crippen LogP contribution >= 0.6 is 0 Å². The summed E-state index contributed by atoms with van der Waals surface area (Å²) in [4.78, 5) is 10.0. The lowest BCUT2D eigenvalue weighted by Gasteiger charge is -2.18. The average Bonchev–Trinajstić information content (AvgIpc) is 2.84. The number of carbonyl (C=O) groups is 1. The van der Waals surface area contributed by atoms with Crippen molar-refractivity contribution in [2.24, 2.45) is 0 Å². The largest absolute Gasteiger partial charge is 0.399 e. The Morgan fingerprint density at radius 2 is 0.941 bits per heavy atom. The van der Waals surface area contributed by atoms with Crippen molar-refractivity contribution in [3.05, 3.63) is 109 Å². The number of ketones is 1. The highest BCUT2D eigenvalue weighted by molar-refractivity contribution is 6.22. The van der Waals surface area contributed by atoms with Gasteiger partial charge in [-0.15, -0.1) is 0 Å². The van der Waals surface area contributed by atoms with Crippen molar-refractivity contribution >= 4 is 38.7 Å². The van der Waals surface area contributed by atoms with E-state index in [-0.39, 0.29) is 5.78 Å². The lowest BCUT2D eigenvalue weighted by molar-refractivity contribution is -0.113. The van der Waals surface area contributed by atoms with E-state index in [1.165, 1.54) is 39.9 Å². The Kier molecular flexibility index (Phi) is 6.46. The summed E-state index contributed by atoms with van der Waals surface area (Å²) in [5, 5.41) is 4.67. The molecule has 0 aliphatic heterocycles. The Morgan fingerprint density at radius 1 is 0.588 bits per heavy atom. The van der Waals surface area contributed by atoms with Crippen LogP contribution in [0.5, 0.6) is 0 Å². The highest BCUT2D eigenvalue weighted by atomic mass is 16.1. The number of fused-ring (bicyclic) bond motifs is 2. The fourth-order valence-corrected chi connectivity index (χ4v) is 4.10. The molecule has 0 bridgehead atoms. The van der Waals surface area contributed by atoms with E-state index in [4.69, 9.17) is 11.5 Å². The quantitative estimate of drug-likeness (QED) is 0.171. The molecule has 168 valence electrons. The molecule has 3 nitrogen and oxygen atoms in total. The summed E-state index contributed by atoms with van der Waals surface area (Å²) in [7, 11) is 0. The average molecular weight is 445 g/mol. The predicted octanol–water partition coefficient (Wildman–Crippen LogP) is 7.64. The van der Waals surface area contributed by atoms with Crippen LogP contribution in [0.15, 0.2) is 109 Å². The van der Waals surface area contributed by atoms with Crippen molar-refractivity contribution in [3.63, 3.8) is 0 Å². The molecule has 0 aliphatic carbocycles. The van der Waals surface area contributed by atoms with Crippen LogP contribution in [0.25, 0.3) is 43.8 Å². The number of nitrogens with two attached hydrogens (primary N) is 2. The van der Waals surface area contributed by atoms with Crippen LogP contribution in [-0.4, -0.2) is 5.78 Å². The minimum atomic E-state index is 0.0648. The van der Waals surface area contributed by atoms with E-state index in [9.17, 15) is 4.79 Å². The van der Waals surface area contributed by atoms with Gasteiger partial charge in [0.05, 0.1) is 0 Å². The summed E-state index contributed by atoms with van der Waals surface area (Å²) in [6.45, 7) is 6.60. The van der Waals surface area contributed by atoms with Gasteiger partial charge < -0.3 is 11.5 Å². The molecule has 0 aromatic heterocycles. The van der Waals surface area contributed by atoms with Gasteiger partial charge in [-0.05, 0) is 87.5 Å². The Labute approximate surface area is 200 Å². The second-order valence-electron chi connectivity index (χ2n) is 8.43. The zero-order chi connectivity index (χ0) is 24.2. The molecule has 5 rings (SSSR count). The zero-order valence-corrected chi connectivity index (χ0v) is 19.5. The number of nitrogen functional groups attached to an aromatic ring is 2. The number of carbonyl (C=O) groups excluding carboxylic acids is 1. The van der Waals surface area contributed by atoms with Gasteiger partial charge in [0.1, 0.15) is 0 Å². The lowest BCUT2D eigenvalue weighted by atomic mass is 9.85.